The Balaban J connectivity index is 1.71. The normalized spacial score (nSPS) is 10.3. The number of hydrogen-bond donors (Lipinski definition) is 3. The molecular weight excluding hydrogens is 316 g/mol. The van der Waals surface area contributed by atoms with Crippen molar-refractivity contribution in [2.75, 3.05) is 18.5 Å². The van der Waals surface area contributed by atoms with Crippen molar-refractivity contribution in [3.8, 4) is 11.3 Å². The molecule has 0 spiro atoms. The van der Waals surface area contributed by atoms with Gasteiger partial charge in [0.05, 0.1) is 12.3 Å². The number of carbonyl (C=O) groups excluding carboxylic acids is 1. The number of carbonyl (C=O) groups is 1. The van der Waals surface area contributed by atoms with Crippen LogP contribution in [0.25, 0.3) is 11.3 Å². The molecule has 0 saturated heterocycles. The summed E-state index contributed by atoms with van der Waals surface area (Å²) in [7, 11) is 0. The Kier molecular flexibility index (Phi) is 5.33. The van der Waals surface area contributed by atoms with Crippen molar-refractivity contribution in [3.63, 3.8) is 0 Å². The monoisotopic (exact) mass is 334 g/mol. The van der Waals surface area contributed by atoms with E-state index in [1.54, 1.807) is 30.5 Å². The lowest BCUT2D eigenvalue weighted by Gasteiger charge is -2.08. The van der Waals surface area contributed by atoms with Crippen LogP contribution >= 0.6 is 0 Å². The van der Waals surface area contributed by atoms with Crippen LogP contribution in [-0.2, 0) is 0 Å². The fraction of sp³-hybridized carbons (Fsp3) is 0.105. The zero-order valence-electron chi connectivity index (χ0n) is 13.5. The Morgan fingerprint density at radius 2 is 1.76 bits per heavy atom. The standard InChI is InChI=1S/C19H18N4O2/c24-13-12-20-18(25)15-6-8-16(9-7-15)22-19-21-11-10-17(23-19)14-4-2-1-3-5-14/h1-11,24H,12-13H2,(H,20,25)(H,21,22,23). The lowest BCUT2D eigenvalue weighted by molar-refractivity contribution is 0.0945. The summed E-state index contributed by atoms with van der Waals surface area (Å²) >= 11 is 0. The van der Waals surface area contributed by atoms with E-state index in [0.717, 1.165) is 16.9 Å². The number of aromatic nitrogens is 2. The summed E-state index contributed by atoms with van der Waals surface area (Å²) < 4.78 is 0. The number of amides is 1. The maximum atomic E-state index is 11.8. The average Bonchev–Trinajstić information content (AvgIpc) is 2.67. The summed E-state index contributed by atoms with van der Waals surface area (Å²) in [5.74, 6) is 0.266. The van der Waals surface area contributed by atoms with Crippen LogP contribution in [0.2, 0.25) is 0 Å². The molecule has 0 aliphatic heterocycles. The largest absolute Gasteiger partial charge is 0.395 e. The van der Waals surface area contributed by atoms with Gasteiger partial charge in [-0.3, -0.25) is 4.79 Å². The van der Waals surface area contributed by atoms with Gasteiger partial charge in [0, 0.05) is 29.6 Å². The summed E-state index contributed by atoms with van der Waals surface area (Å²) in [5.41, 5.74) is 3.16. The fourth-order valence-corrected chi connectivity index (χ4v) is 2.29. The van der Waals surface area contributed by atoms with Gasteiger partial charge in [0.15, 0.2) is 0 Å². The second kappa shape index (κ2) is 8.03. The van der Waals surface area contributed by atoms with E-state index in [9.17, 15) is 4.79 Å². The van der Waals surface area contributed by atoms with Gasteiger partial charge in [-0.2, -0.15) is 0 Å². The Bertz CT molecular complexity index is 836. The van der Waals surface area contributed by atoms with Crippen LogP contribution in [0.15, 0.2) is 66.9 Å². The Morgan fingerprint density at radius 1 is 1.00 bits per heavy atom. The van der Waals surface area contributed by atoms with Crippen molar-refractivity contribution < 1.29 is 9.90 Å². The van der Waals surface area contributed by atoms with Crippen LogP contribution in [-0.4, -0.2) is 34.1 Å². The minimum absolute atomic E-state index is 0.0829. The van der Waals surface area contributed by atoms with E-state index in [1.807, 2.05) is 36.4 Å². The van der Waals surface area contributed by atoms with Gasteiger partial charge in [-0.25, -0.2) is 9.97 Å². The van der Waals surface area contributed by atoms with Gasteiger partial charge in [0.25, 0.3) is 5.91 Å². The first-order valence-corrected chi connectivity index (χ1v) is 7.91. The molecule has 0 aliphatic rings. The molecule has 1 aromatic heterocycles. The Hall–Kier alpha value is -3.25. The molecular formula is C19H18N4O2. The summed E-state index contributed by atoms with van der Waals surface area (Å²) in [6, 6.07) is 18.7. The highest BCUT2D eigenvalue weighted by atomic mass is 16.3. The molecule has 0 unspecified atom stereocenters. The molecule has 3 rings (SSSR count). The summed E-state index contributed by atoms with van der Waals surface area (Å²) in [6.45, 7) is 0.152. The second-order valence-corrected chi connectivity index (χ2v) is 5.31. The molecule has 3 aromatic rings. The predicted octanol–water partition coefficient (Wildman–Crippen LogP) is 2.61. The average molecular weight is 334 g/mol. The first-order valence-electron chi connectivity index (χ1n) is 7.91. The van der Waals surface area contributed by atoms with Crippen molar-refractivity contribution in [1.29, 1.82) is 0 Å². The first-order chi connectivity index (χ1) is 12.3. The van der Waals surface area contributed by atoms with Crippen molar-refractivity contribution in [1.82, 2.24) is 15.3 Å². The molecule has 0 atom stereocenters. The number of aliphatic hydroxyl groups excluding tert-OH is 1. The third-order valence-electron chi connectivity index (χ3n) is 3.53. The van der Waals surface area contributed by atoms with E-state index in [2.05, 4.69) is 20.6 Å². The van der Waals surface area contributed by atoms with E-state index < -0.39 is 0 Å². The third kappa shape index (κ3) is 4.39. The van der Waals surface area contributed by atoms with E-state index in [0.29, 0.717) is 11.5 Å². The minimum atomic E-state index is -0.220. The van der Waals surface area contributed by atoms with Crippen LogP contribution in [0.1, 0.15) is 10.4 Å². The molecule has 126 valence electrons. The number of nitrogens with one attached hydrogen (secondary N) is 2. The second-order valence-electron chi connectivity index (χ2n) is 5.31. The smallest absolute Gasteiger partial charge is 0.251 e. The number of benzene rings is 2. The molecule has 3 N–H and O–H groups in total. The molecule has 6 heteroatoms. The number of hydrogen-bond acceptors (Lipinski definition) is 5. The SMILES string of the molecule is O=C(NCCO)c1ccc(Nc2nccc(-c3ccccc3)n2)cc1. The fourth-order valence-electron chi connectivity index (χ4n) is 2.29. The number of rotatable bonds is 6. The van der Waals surface area contributed by atoms with Crippen molar-refractivity contribution in [3.05, 3.63) is 72.4 Å². The molecule has 0 aliphatic carbocycles. The highest BCUT2D eigenvalue weighted by Crippen LogP contribution is 2.19. The van der Waals surface area contributed by atoms with E-state index >= 15 is 0 Å². The van der Waals surface area contributed by atoms with Gasteiger partial charge in [-0.15, -0.1) is 0 Å². The van der Waals surface area contributed by atoms with Gasteiger partial charge in [0.2, 0.25) is 5.95 Å². The van der Waals surface area contributed by atoms with Crippen LogP contribution in [0.3, 0.4) is 0 Å². The van der Waals surface area contributed by atoms with Crippen LogP contribution in [0.5, 0.6) is 0 Å². The maximum absolute atomic E-state index is 11.8. The van der Waals surface area contributed by atoms with Crippen molar-refractivity contribution in [2.45, 2.75) is 0 Å². The molecule has 25 heavy (non-hydrogen) atoms. The quantitative estimate of drug-likeness (QED) is 0.645. The van der Waals surface area contributed by atoms with E-state index in [-0.39, 0.29) is 19.1 Å². The number of anilines is 2. The molecule has 6 nitrogen and oxygen atoms in total. The van der Waals surface area contributed by atoms with Gasteiger partial charge in [-0.05, 0) is 30.3 Å². The van der Waals surface area contributed by atoms with Crippen molar-refractivity contribution in [2.24, 2.45) is 0 Å². The summed E-state index contributed by atoms with van der Waals surface area (Å²) in [5, 5.41) is 14.5. The highest BCUT2D eigenvalue weighted by molar-refractivity contribution is 5.94. The minimum Gasteiger partial charge on any atom is -0.395 e. The topological polar surface area (TPSA) is 87.1 Å². The van der Waals surface area contributed by atoms with Crippen molar-refractivity contribution >= 4 is 17.5 Å². The van der Waals surface area contributed by atoms with Gasteiger partial charge in [0.1, 0.15) is 0 Å². The van der Waals surface area contributed by atoms with Crippen LogP contribution in [0.4, 0.5) is 11.6 Å². The molecule has 0 radical (unpaired) electrons. The molecule has 1 amide bonds. The van der Waals surface area contributed by atoms with Crippen LogP contribution < -0.4 is 10.6 Å². The molecule has 0 fully saturated rings. The zero-order chi connectivity index (χ0) is 17.5. The highest BCUT2D eigenvalue weighted by Gasteiger charge is 2.06. The lowest BCUT2D eigenvalue weighted by Crippen LogP contribution is -2.26. The predicted molar refractivity (Wildman–Crippen MR) is 96.6 cm³/mol. The van der Waals surface area contributed by atoms with E-state index in [1.165, 1.54) is 0 Å². The molecule has 0 saturated carbocycles. The van der Waals surface area contributed by atoms with Gasteiger partial charge in [-0.1, -0.05) is 30.3 Å². The summed E-state index contributed by atoms with van der Waals surface area (Å²) in [4.78, 5) is 20.5. The molecule has 2 aromatic carbocycles. The Morgan fingerprint density at radius 3 is 2.48 bits per heavy atom. The first kappa shape index (κ1) is 16.6. The molecule has 1 heterocycles. The third-order valence-corrected chi connectivity index (χ3v) is 3.53. The Labute approximate surface area is 145 Å². The maximum Gasteiger partial charge on any atom is 0.251 e. The molecule has 0 bridgehead atoms. The van der Waals surface area contributed by atoms with Crippen LogP contribution in [0, 0.1) is 0 Å². The van der Waals surface area contributed by atoms with E-state index in [4.69, 9.17) is 5.11 Å². The summed E-state index contributed by atoms with van der Waals surface area (Å²) in [6.07, 6.45) is 1.70. The number of aliphatic hydroxyl groups is 1. The zero-order valence-corrected chi connectivity index (χ0v) is 13.5. The van der Waals surface area contributed by atoms with Gasteiger partial charge >= 0.3 is 0 Å². The van der Waals surface area contributed by atoms with Gasteiger partial charge < -0.3 is 15.7 Å². The lowest BCUT2D eigenvalue weighted by atomic mass is 10.1. The number of nitrogens with zero attached hydrogens (tertiary/aromatic N) is 2.